The molecule has 0 radical (unpaired) electrons. The summed E-state index contributed by atoms with van der Waals surface area (Å²) in [7, 11) is 0. The van der Waals surface area contributed by atoms with Crippen LogP contribution >= 0.6 is 11.8 Å². The van der Waals surface area contributed by atoms with Gasteiger partial charge in [0, 0.05) is 16.8 Å². The maximum Gasteiger partial charge on any atom is 0.416 e. The van der Waals surface area contributed by atoms with E-state index in [4.69, 9.17) is 0 Å². The Morgan fingerprint density at radius 3 is 2.50 bits per heavy atom. The molecule has 0 bridgehead atoms. The van der Waals surface area contributed by atoms with Crippen LogP contribution in [0.3, 0.4) is 0 Å². The lowest BCUT2D eigenvalue weighted by molar-refractivity contribution is -0.137. The van der Waals surface area contributed by atoms with Crippen LogP contribution in [0.2, 0.25) is 0 Å². The zero-order chi connectivity index (χ0) is 16.2. The molecule has 22 heavy (non-hydrogen) atoms. The van der Waals surface area contributed by atoms with Gasteiger partial charge in [0.1, 0.15) is 5.69 Å². The van der Waals surface area contributed by atoms with Crippen molar-refractivity contribution in [2.45, 2.75) is 18.0 Å². The van der Waals surface area contributed by atoms with E-state index in [0.29, 0.717) is 0 Å². The maximum atomic E-state index is 12.5. The van der Waals surface area contributed by atoms with Crippen LogP contribution in [0.15, 0.2) is 47.5 Å². The number of halogens is 3. The van der Waals surface area contributed by atoms with Crippen LogP contribution in [-0.2, 0) is 6.18 Å². The van der Waals surface area contributed by atoms with E-state index in [0.717, 1.165) is 22.8 Å². The van der Waals surface area contributed by atoms with Crippen LogP contribution in [0, 0.1) is 0 Å². The number of aromatic nitrogens is 1. The number of thioether (sulfide) groups is 1. The zero-order valence-electron chi connectivity index (χ0n) is 11.6. The number of pyridine rings is 1. The third kappa shape index (κ3) is 4.00. The quantitative estimate of drug-likeness (QED) is 0.843. The molecule has 1 heterocycles. The van der Waals surface area contributed by atoms with E-state index >= 15 is 0 Å². The average molecular weight is 326 g/mol. The van der Waals surface area contributed by atoms with Gasteiger partial charge in [-0.1, -0.05) is 6.92 Å². The number of nitrogens with zero attached hydrogens (tertiary/aromatic N) is 1. The van der Waals surface area contributed by atoms with E-state index in [1.54, 1.807) is 12.1 Å². The molecule has 0 aliphatic rings. The molecule has 0 saturated carbocycles. The molecule has 2 rings (SSSR count). The van der Waals surface area contributed by atoms with Crippen molar-refractivity contribution in [2.24, 2.45) is 0 Å². The molecule has 0 saturated heterocycles. The number of rotatable bonds is 4. The fourth-order valence-electron chi connectivity index (χ4n) is 1.77. The summed E-state index contributed by atoms with van der Waals surface area (Å²) >= 11 is 1.47. The molecule has 0 spiro atoms. The molecule has 2 aromatic rings. The van der Waals surface area contributed by atoms with E-state index in [2.05, 4.69) is 10.3 Å². The van der Waals surface area contributed by atoms with Crippen LogP contribution in [0.25, 0.3) is 0 Å². The highest BCUT2D eigenvalue weighted by Gasteiger charge is 2.30. The van der Waals surface area contributed by atoms with Gasteiger partial charge in [-0.25, -0.2) is 4.98 Å². The van der Waals surface area contributed by atoms with E-state index in [9.17, 15) is 18.0 Å². The van der Waals surface area contributed by atoms with Gasteiger partial charge in [0.25, 0.3) is 5.91 Å². The van der Waals surface area contributed by atoms with E-state index in [1.165, 1.54) is 30.1 Å². The number of alkyl halides is 3. The third-order valence-corrected chi connectivity index (χ3v) is 3.68. The van der Waals surface area contributed by atoms with Crippen LogP contribution in [0.5, 0.6) is 0 Å². The third-order valence-electron chi connectivity index (χ3n) is 2.76. The van der Waals surface area contributed by atoms with E-state index < -0.39 is 17.6 Å². The highest BCUT2D eigenvalue weighted by molar-refractivity contribution is 7.99. The van der Waals surface area contributed by atoms with Gasteiger partial charge in [-0.2, -0.15) is 13.2 Å². The highest BCUT2D eigenvalue weighted by atomic mass is 32.2. The minimum Gasteiger partial charge on any atom is -0.321 e. The Morgan fingerprint density at radius 1 is 1.23 bits per heavy atom. The van der Waals surface area contributed by atoms with Crippen molar-refractivity contribution < 1.29 is 18.0 Å². The lowest BCUT2D eigenvalue weighted by Gasteiger charge is -2.10. The van der Waals surface area contributed by atoms with Crippen molar-refractivity contribution in [1.82, 2.24) is 4.98 Å². The van der Waals surface area contributed by atoms with Crippen molar-refractivity contribution in [1.29, 1.82) is 0 Å². The van der Waals surface area contributed by atoms with Crippen molar-refractivity contribution in [3.8, 4) is 0 Å². The van der Waals surface area contributed by atoms with E-state index in [-0.39, 0.29) is 11.4 Å². The van der Waals surface area contributed by atoms with Crippen molar-refractivity contribution in [3.05, 3.63) is 53.9 Å². The van der Waals surface area contributed by atoms with Crippen LogP contribution in [-0.4, -0.2) is 16.6 Å². The fourth-order valence-corrected chi connectivity index (χ4v) is 2.53. The van der Waals surface area contributed by atoms with Crippen LogP contribution in [0.1, 0.15) is 23.0 Å². The predicted octanol–water partition coefficient (Wildman–Crippen LogP) is 4.46. The molecule has 1 amide bonds. The predicted molar refractivity (Wildman–Crippen MR) is 80.0 cm³/mol. The summed E-state index contributed by atoms with van der Waals surface area (Å²) in [5.74, 6) is 0.336. The number of carbonyl (C=O) groups excluding carboxylic acids is 1. The molecule has 0 aliphatic heterocycles. The first-order valence-corrected chi connectivity index (χ1v) is 7.47. The average Bonchev–Trinajstić information content (AvgIpc) is 2.47. The minimum atomic E-state index is -4.39. The van der Waals surface area contributed by atoms with Crippen LogP contribution < -0.4 is 5.32 Å². The van der Waals surface area contributed by atoms with Gasteiger partial charge in [0.05, 0.1) is 5.56 Å². The summed E-state index contributed by atoms with van der Waals surface area (Å²) in [6, 6.07) is 7.80. The Balaban J connectivity index is 2.16. The minimum absolute atomic E-state index is 0.259. The van der Waals surface area contributed by atoms with Gasteiger partial charge in [0.15, 0.2) is 0 Å². The number of benzene rings is 1. The summed E-state index contributed by atoms with van der Waals surface area (Å²) < 4.78 is 37.5. The highest BCUT2D eigenvalue weighted by Crippen LogP contribution is 2.30. The van der Waals surface area contributed by atoms with Crippen molar-refractivity contribution >= 4 is 23.4 Å². The number of hydrogen-bond acceptors (Lipinski definition) is 3. The molecule has 0 atom stereocenters. The molecule has 0 fully saturated rings. The molecule has 3 nitrogen and oxygen atoms in total. The van der Waals surface area contributed by atoms with Gasteiger partial charge in [-0.3, -0.25) is 4.79 Å². The summed E-state index contributed by atoms with van der Waals surface area (Å²) in [6.45, 7) is 1.95. The molecule has 1 aromatic heterocycles. The van der Waals surface area contributed by atoms with Gasteiger partial charge in [0.2, 0.25) is 0 Å². The normalized spacial score (nSPS) is 11.3. The summed E-state index contributed by atoms with van der Waals surface area (Å²) in [4.78, 5) is 17.0. The zero-order valence-corrected chi connectivity index (χ0v) is 12.5. The molecule has 1 aromatic carbocycles. The number of carbonyl (C=O) groups is 1. The van der Waals surface area contributed by atoms with Crippen molar-refractivity contribution in [2.75, 3.05) is 11.1 Å². The van der Waals surface area contributed by atoms with Gasteiger partial charge >= 0.3 is 6.18 Å². The van der Waals surface area contributed by atoms with Gasteiger partial charge < -0.3 is 5.32 Å². The Labute approximate surface area is 129 Å². The Morgan fingerprint density at radius 2 is 1.91 bits per heavy atom. The molecule has 0 aliphatic carbocycles. The monoisotopic (exact) mass is 326 g/mol. The molecular formula is C15H13F3N2OS. The summed E-state index contributed by atoms with van der Waals surface area (Å²) in [5.41, 5.74) is -0.212. The molecule has 1 N–H and O–H groups in total. The van der Waals surface area contributed by atoms with E-state index in [1.807, 2.05) is 6.92 Å². The lowest BCUT2D eigenvalue weighted by atomic mass is 10.2. The molecule has 116 valence electrons. The smallest absolute Gasteiger partial charge is 0.321 e. The maximum absolute atomic E-state index is 12.5. The Hall–Kier alpha value is -2.02. The van der Waals surface area contributed by atoms with Crippen molar-refractivity contribution in [3.63, 3.8) is 0 Å². The fraction of sp³-hybridized carbons (Fsp3) is 0.200. The van der Waals surface area contributed by atoms with Gasteiger partial charge in [-0.15, -0.1) is 11.8 Å². The summed E-state index contributed by atoms with van der Waals surface area (Å²) in [6.07, 6.45) is -2.89. The molecule has 0 unspecified atom stereocenters. The first-order chi connectivity index (χ1) is 10.4. The second kappa shape index (κ2) is 6.83. The Bertz CT molecular complexity index is 657. The standard InChI is InChI=1S/C15H13F3N2OS/c1-2-22-12-4-3-9-19-13(12)14(21)20-11-7-5-10(6-8-11)15(16,17)18/h3-9H,2H2,1H3,(H,20,21). The number of anilines is 1. The van der Waals surface area contributed by atoms with Gasteiger partial charge in [-0.05, 0) is 42.2 Å². The first kappa shape index (κ1) is 16.4. The first-order valence-electron chi connectivity index (χ1n) is 6.48. The topological polar surface area (TPSA) is 42.0 Å². The number of amides is 1. The van der Waals surface area contributed by atoms with Crippen LogP contribution in [0.4, 0.5) is 18.9 Å². The molecular weight excluding hydrogens is 313 g/mol. The second-order valence-electron chi connectivity index (χ2n) is 4.31. The second-order valence-corrected chi connectivity index (χ2v) is 5.62. The SMILES string of the molecule is CCSc1cccnc1C(=O)Nc1ccc(C(F)(F)F)cc1. The number of nitrogens with one attached hydrogen (secondary N) is 1. The lowest BCUT2D eigenvalue weighted by Crippen LogP contribution is -2.15. The summed E-state index contributed by atoms with van der Waals surface area (Å²) in [5, 5.41) is 2.55. The Kier molecular flexibility index (Phi) is 5.07. The largest absolute Gasteiger partial charge is 0.416 e. The molecule has 7 heteroatoms. The number of hydrogen-bond donors (Lipinski definition) is 1.